The van der Waals surface area contributed by atoms with E-state index in [0.717, 1.165) is 5.56 Å². The molecule has 0 saturated heterocycles. The second kappa shape index (κ2) is 7.49. The third kappa shape index (κ3) is 4.96. The number of carboxylic acids is 1. The molecule has 0 heterocycles. The van der Waals surface area contributed by atoms with Gasteiger partial charge in [-0.15, -0.1) is 0 Å². The lowest BCUT2D eigenvalue weighted by Crippen LogP contribution is -2.49. The van der Waals surface area contributed by atoms with Crippen molar-refractivity contribution in [3.8, 4) is 11.5 Å². The minimum atomic E-state index is -1.37. The van der Waals surface area contributed by atoms with Gasteiger partial charge in [0, 0.05) is 0 Å². The second-order valence-corrected chi connectivity index (χ2v) is 4.57. The normalized spacial score (nSPS) is 13.1. The standard InChI is InChI=1S/C14H19NO6/c1-8-4-5-10(11(6-8)20-3)21-7-12(17)15-13(9(2)16)14(18)19/h4-6,9,13,16H,7H2,1-3H3,(H,15,17)(H,18,19)/t9-,13+/m1/s1. The van der Waals surface area contributed by atoms with Crippen molar-refractivity contribution >= 4 is 11.9 Å². The summed E-state index contributed by atoms with van der Waals surface area (Å²) in [7, 11) is 1.48. The number of aryl methyl sites for hydroxylation is 1. The summed E-state index contributed by atoms with van der Waals surface area (Å²) in [6.45, 7) is 2.79. The number of ether oxygens (including phenoxy) is 2. The molecule has 1 rings (SSSR count). The quantitative estimate of drug-likeness (QED) is 0.670. The number of hydrogen-bond donors (Lipinski definition) is 3. The van der Waals surface area contributed by atoms with Gasteiger partial charge in [0.2, 0.25) is 0 Å². The highest BCUT2D eigenvalue weighted by molar-refractivity contribution is 5.84. The Kier molecular flexibility index (Phi) is 5.98. The maximum Gasteiger partial charge on any atom is 0.328 e. The molecule has 116 valence electrons. The highest BCUT2D eigenvalue weighted by Crippen LogP contribution is 2.27. The number of aliphatic hydroxyl groups is 1. The van der Waals surface area contributed by atoms with Crippen LogP contribution in [0.25, 0.3) is 0 Å². The Labute approximate surface area is 122 Å². The van der Waals surface area contributed by atoms with Gasteiger partial charge in [0.25, 0.3) is 5.91 Å². The van der Waals surface area contributed by atoms with E-state index in [4.69, 9.17) is 14.6 Å². The molecule has 0 unspecified atom stereocenters. The van der Waals surface area contributed by atoms with Gasteiger partial charge >= 0.3 is 5.97 Å². The number of hydrogen-bond acceptors (Lipinski definition) is 5. The minimum Gasteiger partial charge on any atom is -0.493 e. The molecule has 3 N–H and O–H groups in total. The highest BCUT2D eigenvalue weighted by atomic mass is 16.5. The van der Waals surface area contributed by atoms with Gasteiger partial charge in [0.1, 0.15) is 0 Å². The topological polar surface area (TPSA) is 105 Å². The zero-order chi connectivity index (χ0) is 16.0. The van der Waals surface area contributed by atoms with Crippen LogP contribution in [-0.2, 0) is 9.59 Å². The van der Waals surface area contributed by atoms with Crippen molar-refractivity contribution in [1.29, 1.82) is 0 Å². The van der Waals surface area contributed by atoms with Crippen LogP contribution in [0.5, 0.6) is 11.5 Å². The average molecular weight is 297 g/mol. The minimum absolute atomic E-state index is 0.377. The van der Waals surface area contributed by atoms with E-state index in [1.165, 1.54) is 14.0 Å². The Morgan fingerprint density at radius 1 is 1.33 bits per heavy atom. The molecule has 0 aliphatic rings. The number of amides is 1. The van der Waals surface area contributed by atoms with Gasteiger partial charge in [0.15, 0.2) is 24.1 Å². The van der Waals surface area contributed by atoms with Gasteiger partial charge in [0.05, 0.1) is 13.2 Å². The highest BCUT2D eigenvalue weighted by Gasteiger charge is 2.25. The van der Waals surface area contributed by atoms with Crippen molar-refractivity contribution in [3.63, 3.8) is 0 Å². The first-order valence-corrected chi connectivity index (χ1v) is 6.32. The Morgan fingerprint density at radius 2 is 2.00 bits per heavy atom. The van der Waals surface area contributed by atoms with E-state index < -0.39 is 24.0 Å². The molecule has 7 heteroatoms. The van der Waals surface area contributed by atoms with Crippen LogP contribution in [0.15, 0.2) is 18.2 Å². The number of carbonyl (C=O) groups excluding carboxylic acids is 1. The first kappa shape index (κ1) is 16.8. The van der Waals surface area contributed by atoms with Crippen LogP contribution in [0.2, 0.25) is 0 Å². The van der Waals surface area contributed by atoms with Gasteiger partial charge in [-0.3, -0.25) is 4.79 Å². The van der Waals surface area contributed by atoms with E-state index in [-0.39, 0.29) is 6.61 Å². The summed E-state index contributed by atoms with van der Waals surface area (Å²) in [6.07, 6.45) is -1.21. The predicted molar refractivity (Wildman–Crippen MR) is 74.5 cm³/mol. The van der Waals surface area contributed by atoms with Crippen molar-refractivity contribution in [3.05, 3.63) is 23.8 Å². The number of carboxylic acid groups (broad SMARTS) is 1. The summed E-state index contributed by atoms with van der Waals surface area (Å²) in [5.74, 6) is -1.10. The molecule has 0 spiro atoms. The van der Waals surface area contributed by atoms with Gasteiger partial charge in [-0.1, -0.05) is 6.07 Å². The third-order valence-corrected chi connectivity index (χ3v) is 2.74. The Bertz CT molecular complexity index is 514. The number of aliphatic carboxylic acids is 1. The average Bonchev–Trinajstić information content (AvgIpc) is 2.42. The summed E-state index contributed by atoms with van der Waals surface area (Å²) in [5.41, 5.74) is 0.976. The molecule has 0 aliphatic heterocycles. The summed E-state index contributed by atoms with van der Waals surface area (Å²) in [6, 6.07) is 3.83. The maximum atomic E-state index is 11.7. The van der Waals surface area contributed by atoms with Crippen LogP contribution in [0, 0.1) is 6.92 Å². The second-order valence-electron chi connectivity index (χ2n) is 4.57. The molecular formula is C14H19NO6. The zero-order valence-electron chi connectivity index (χ0n) is 12.1. The lowest BCUT2D eigenvalue weighted by Gasteiger charge is -2.17. The molecule has 0 fully saturated rings. The maximum absolute atomic E-state index is 11.7. The Hall–Kier alpha value is -2.28. The smallest absolute Gasteiger partial charge is 0.328 e. The first-order valence-electron chi connectivity index (χ1n) is 6.32. The zero-order valence-corrected chi connectivity index (χ0v) is 12.1. The van der Waals surface area contributed by atoms with Crippen LogP contribution in [-0.4, -0.2) is 48.0 Å². The van der Waals surface area contributed by atoms with Gasteiger partial charge in [-0.25, -0.2) is 4.79 Å². The van der Waals surface area contributed by atoms with Gasteiger partial charge < -0.3 is 25.0 Å². The predicted octanol–water partition coefficient (Wildman–Crippen LogP) is 0.333. The molecule has 1 aromatic rings. The Morgan fingerprint density at radius 3 is 2.52 bits per heavy atom. The van der Waals surface area contributed by atoms with Crippen LogP contribution in [0.4, 0.5) is 0 Å². The molecule has 1 aromatic carbocycles. The number of methoxy groups -OCH3 is 1. The summed E-state index contributed by atoms with van der Waals surface area (Å²) in [4.78, 5) is 22.5. The fourth-order valence-corrected chi connectivity index (χ4v) is 1.64. The number of aliphatic hydroxyl groups excluding tert-OH is 1. The molecule has 7 nitrogen and oxygen atoms in total. The summed E-state index contributed by atoms with van der Waals surface area (Å²) >= 11 is 0. The van der Waals surface area contributed by atoms with Crippen molar-refractivity contribution in [2.45, 2.75) is 26.0 Å². The van der Waals surface area contributed by atoms with Crippen LogP contribution >= 0.6 is 0 Å². The molecule has 0 radical (unpaired) electrons. The van der Waals surface area contributed by atoms with Gasteiger partial charge in [-0.05, 0) is 31.5 Å². The molecule has 0 aromatic heterocycles. The summed E-state index contributed by atoms with van der Waals surface area (Å²) in [5, 5.41) is 20.3. The summed E-state index contributed by atoms with van der Waals surface area (Å²) < 4.78 is 10.4. The molecule has 1 amide bonds. The van der Waals surface area contributed by atoms with E-state index in [9.17, 15) is 14.7 Å². The molecule has 2 atom stereocenters. The van der Waals surface area contributed by atoms with E-state index in [1.807, 2.05) is 6.92 Å². The van der Waals surface area contributed by atoms with Crippen molar-refractivity contribution in [1.82, 2.24) is 5.32 Å². The van der Waals surface area contributed by atoms with E-state index in [2.05, 4.69) is 5.32 Å². The molecule has 0 saturated carbocycles. The lowest BCUT2D eigenvalue weighted by atomic mass is 10.2. The Balaban J connectivity index is 2.63. The first-order chi connectivity index (χ1) is 9.85. The third-order valence-electron chi connectivity index (χ3n) is 2.74. The largest absolute Gasteiger partial charge is 0.493 e. The molecule has 0 aliphatic carbocycles. The number of nitrogens with one attached hydrogen (secondary N) is 1. The van der Waals surface area contributed by atoms with Crippen molar-refractivity contribution in [2.24, 2.45) is 0 Å². The number of carbonyl (C=O) groups is 2. The van der Waals surface area contributed by atoms with E-state index in [0.29, 0.717) is 11.5 Å². The molecule has 0 bridgehead atoms. The molecule has 21 heavy (non-hydrogen) atoms. The monoisotopic (exact) mass is 297 g/mol. The van der Waals surface area contributed by atoms with Gasteiger partial charge in [-0.2, -0.15) is 0 Å². The van der Waals surface area contributed by atoms with Crippen LogP contribution < -0.4 is 14.8 Å². The van der Waals surface area contributed by atoms with Crippen molar-refractivity contribution in [2.75, 3.05) is 13.7 Å². The number of rotatable bonds is 7. The van der Waals surface area contributed by atoms with Crippen LogP contribution in [0.1, 0.15) is 12.5 Å². The van der Waals surface area contributed by atoms with Crippen LogP contribution in [0.3, 0.4) is 0 Å². The van der Waals surface area contributed by atoms with Crippen molar-refractivity contribution < 1.29 is 29.3 Å². The van der Waals surface area contributed by atoms with E-state index >= 15 is 0 Å². The fourth-order valence-electron chi connectivity index (χ4n) is 1.64. The molecular weight excluding hydrogens is 278 g/mol. The lowest BCUT2D eigenvalue weighted by molar-refractivity contribution is -0.145. The van der Waals surface area contributed by atoms with E-state index in [1.54, 1.807) is 18.2 Å². The fraction of sp³-hybridized carbons (Fsp3) is 0.429. The number of benzene rings is 1. The SMILES string of the molecule is COc1cc(C)ccc1OCC(=O)N[C@H](C(=O)O)[C@@H](C)O.